The Bertz CT molecular complexity index is 715. The predicted molar refractivity (Wildman–Crippen MR) is 101 cm³/mol. The second-order valence-corrected chi connectivity index (χ2v) is 5.94. The first-order valence-corrected chi connectivity index (χ1v) is 8.74. The van der Waals surface area contributed by atoms with E-state index in [1.165, 1.54) is 0 Å². The summed E-state index contributed by atoms with van der Waals surface area (Å²) in [5.74, 6) is 1.28. The Balaban J connectivity index is 1.58. The topological polar surface area (TPSA) is 60.0 Å². The molecule has 0 saturated carbocycles. The quantitative estimate of drug-likeness (QED) is 0.827. The van der Waals surface area contributed by atoms with Gasteiger partial charge in [0, 0.05) is 18.8 Å². The Morgan fingerprint density at radius 3 is 2.65 bits per heavy atom. The van der Waals surface area contributed by atoms with Crippen LogP contribution in [0.2, 0.25) is 0 Å². The van der Waals surface area contributed by atoms with Gasteiger partial charge in [0.2, 0.25) is 5.91 Å². The van der Waals surface area contributed by atoms with Crippen molar-refractivity contribution in [2.45, 2.75) is 6.42 Å². The number of benzene rings is 2. The summed E-state index contributed by atoms with van der Waals surface area (Å²) in [6.45, 7) is 3.42. The van der Waals surface area contributed by atoms with Crippen molar-refractivity contribution in [2.75, 3.05) is 50.2 Å². The summed E-state index contributed by atoms with van der Waals surface area (Å²) in [4.78, 5) is 14.5. The number of hydrogen-bond acceptors (Lipinski definition) is 5. The van der Waals surface area contributed by atoms with E-state index in [1.54, 1.807) is 7.11 Å². The molecule has 0 atom stereocenters. The molecule has 138 valence electrons. The van der Waals surface area contributed by atoms with Gasteiger partial charge in [0.05, 0.1) is 39.0 Å². The maximum absolute atomic E-state index is 12.3. The summed E-state index contributed by atoms with van der Waals surface area (Å²) >= 11 is 0. The molecule has 0 aromatic heterocycles. The summed E-state index contributed by atoms with van der Waals surface area (Å²) in [5.41, 5.74) is 1.71. The third kappa shape index (κ3) is 4.89. The van der Waals surface area contributed by atoms with Crippen LogP contribution in [0.4, 0.5) is 11.4 Å². The number of carbonyl (C=O) groups excluding carboxylic acids is 1. The van der Waals surface area contributed by atoms with E-state index in [4.69, 9.17) is 14.2 Å². The highest BCUT2D eigenvalue weighted by Crippen LogP contribution is 2.30. The number of rotatable bonds is 7. The number of hydrogen-bond donors (Lipinski definition) is 1. The molecule has 0 unspecified atom stereocenters. The third-order valence-electron chi connectivity index (χ3n) is 4.17. The Morgan fingerprint density at radius 1 is 1.15 bits per heavy atom. The molecule has 1 fully saturated rings. The normalized spacial score (nSPS) is 14.0. The van der Waals surface area contributed by atoms with Gasteiger partial charge in [0.15, 0.2) is 0 Å². The summed E-state index contributed by atoms with van der Waals surface area (Å²) in [6, 6.07) is 15.3. The predicted octanol–water partition coefficient (Wildman–Crippen LogP) is 2.94. The van der Waals surface area contributed by atoms with Crippen molar-refractivity contribution in [3.63, 3.8) is 0 Å². The molecule has 2 aromatic rings. The van der Waals surface area contributed by atoms with Crippen LogP contribution in [0.25, 0.3) is 0 Å². The maximum atomic E-state index is 12.3. The van der Waals surface area contributed by atoms with Gasteiger partial charge in [-0.1, -0.05) is 18.2 Å². The number of carbonyl (C=O) groups is 1. The minimum Gasteiger partial charge on any atom is -0.495 e. The Kier molecular flexibility index (Phi) is 6.33. The average Bonchev–Trinajstić information content (AvgIpc) is 2.69. The van der Waals surface area contributed by atoms with Crippen LogP contribution >= 0.6 is 0 Å². The van der Waals surface area contributed by atoms with E-state index in [0.29, 0.717) is 31.3 Å². The number of para-hydroxylation sites is 1. The summed E-state index contributed by atoms with van der Waals surface area (Å²) < 4.78 is 16.3. The van der Waals surface area contributed by atoms with Crippen LogP contribution in [-0.2, 0) is 9.53 Å². The van der Waals surface area contributed by atoms with Crippen molar-refractivity contribution in [1.29, 1.82) is 0 Å². The summed E-state index contributed by atoms with van der Waals surface area (Å²) in [5, 5.41) is 2.93. The van der Waals surface area contributed by atoms with Gasteiger partial charge in [-0.2, -0.15) is 0 Å². The highest BCUT2D eigenvalue weighted by Gasteiger charge is 2.15. The number of amides is 1. The number of ether oxygens (including phenoxy) is 3. The fraction of sp³-hybridized carbons (Fsp3) is 0.350. The zero-order valence-corrected chi connectivity index (χ0v) is 14.9. The van der Waals surface area contributed by atoms with Gasteiger partial charge in [-0.05, 0) is 30.3 Å². The van der Waals surface area contributed by atoms with Crippen LogP contribution in [0, 0.1) is 0 Å². The number of nitrogens with zero attached hydrogens (tertiary/aromatic N) is 1. The van der Waals surface area contributed by atoms with Gasteiger partial charge in [-0.25, -0.2) is 0 Å². The molecule has 1 saturated heterocycles. The molecule has 0 spiro atoms. The summed E-state index contributed by atoms with van der Waals surface area (Å²) in [7, 11) is 1.60. The molecule has 0 radical (unpaired) electrons. The highest BCUT2D eigenvalue weighted by molar-refractivity contribution is 5.93. The van der Waals surface area contributed by atoms with E-state index in [1.807, 2.05) is 48.5 Å². The van der Waals surface area contributed by atoms with Crippen LogP contribution in [0.5, 0.6) is 11.5 Å². The van der Waals surface area contributed by atoms with Crippen LogP contribution in [0.15, 0.2) is 48.5 Å². The number of morpholine rings is 1. The number of anilines is 2. The lowest BCUT2D eigenvalue weighted by atomic mass is 10.2. The van der Waals surface area contributed by atoms with Crippen LogP contribution in [-0.4, -0.2) is 45.9 Å². The fourth-order valence-electron chi connectivity index (χ4n) is 2.80. The lowest BCUT2D eigenvalue weighted by Gasteiger charge is -2.29. The largest absolute Gasteiger partial charge is 0.495 e. The molecule has 0 bridgehead atoms. The van der Waals surface area contributed by atoms with E-state index in [0.717, 1.165) is 24.5 Å². The highest BCUT2D eigenvalue weighted by atomic mass is 16.5. The smallest absolute Gasteiger partial charge is 0.227 e. The minimum absolute atomic E-state index is 0.113. The van der Waals surface area contributed by atoms with Crippen molar-refractivity contribution in [2.24, 2.45) is 0 Å². The first-order chi connectivity index (χ1) is 12.8. The van der Waals surface area contributed by atoms with E-state index in [9.17, 15) is 4.79 Å². The molecule has 2 aromatic carbocycles. The van der Waals surface area contributed by atoms with E-state index < -0.39 is 0 Å². The SMILES string of the molecule is COc1ccc(N2CCOCC2)cc1NC(=O)CCOc1ccccc1. The van der Waals surface area contributed by atoms with Crippen LogP contribution in [0.1, 0.15) is 6.42 Å². The monoisotopic (exact) mass is 356 g/mol. The van der Waals surface area contributed by atoms with Crippen molar-refractivity contribution in [3.05, 3.63) is 48.5 Å². The first kappa shape index (κ1) is 18.1. The molecule has 3 rings (SSSR count). The first-order valence-electron chi connectivity index (χ1n) is 8.74. The average molecular weight is 356 g/mol. The molecule has 1 N–H and O–H groups in total. The van der Waals surface area contributed by atoms with Gasteiger partial charge in [0.1, 0.15) is 11.5 Å². The lowest BCUT2D eigenvalue weighted by Crippen LogP contribution is -2.36. The minimum atomic E-state index is -0.113. The maximum Gasteiger partial charge on any atom is 0.227 e. The van der Waals surface area contributed by atoms with Gasteiger partial charge in [-0.3, -0.25) is 4.79 Å². The zero-order valence-electron chi connectivity index (χ0n) is 14.9. The molecule has 6 heteroatoms. The molecule has 1 aliphatic heterocycles. The zero-order chi connectivity index (χ0) is 18.2. The summed E-state index contributed by atoms with van der Waals surface area (Å²) in [6.07, 6.45) is 0.264. The molecule has 6 nitrogen and oxygen atoms in total. The van der Waals surface area contributed by atoms with Crippen LogP contribution < -0.4 is 19.7 Å². The van der Waals surface area contributed by atoms with E-state index in [-0.39, 0.29) is 12.3 Å². The van der Waals surface area contributed by atoms with Gasteiger partial charge < -0.3 is 24.4 Å². The second kappa shape index (κ2) is 9.10. The van der Waals surface area contributed by atoms with Crippen LogP contribution in [0.3, 0.4) is 0 Å². The Morgan fingerprint density at radius 2 is 1.92 bits per heavy atom. The van der Waals surface area contributed by atoms with Crippen molar-refractivity contribution < 1.29 is 19.0 Å². The molecule has 26 heavy (non-hydrogen) atoms. The molecular formula is C20H24N2O4. The van der Waals surface area contributed by atoms with Crippen molar-refractivity contribution >= 4 is 17.3 Å². The second-order valence-electron chi connectivity index (χ2n) is 5.94. The Hall–Kier alpha value is -2.73. The fourth-order valence-corrected chi connectivity index (χ4v) is 2.80. The van der Waals surface area contributed by atoms with E-state index in [2.05, 4.69) is 10.2 Å². The van der Waals surface area contributed by atoms with Gasteiger partial charge in [0.25, 0.3) is 0 Å². The van der Waals surface area contributed by atoms with Crippen molar-refractivity contribution in [1.82, 2.24) is 0 Å². The number of nitrogens with one attached hydrogen (secondary N) is 1. The van der Waals surface area contributed by atoms with Gasteiger partial charge >= 0.3 is 0 Å². The lowest BCUT2D eigenvalue weighted by molar-refractivity contribution is -0.116. The molecule has 0 aliphatic carbocycles. The van der Waals surface area contributed by atoms with E-state index >= 15 is 0 Å². The standard InChI is InChI=1S/C20H24N2O4/c1-24-19-8-7-16(22-10-13-25-14-11-22)15-18(19)21-20(23)9-12-26-17-5-3-2-4-6-17/h2-8,15H,9-14H2,1H3,(H,21,23). The molecular weight excluding hydrogens is 332 g/mol. The third-order valence-corrected chi connectivity index (χ3v) is 4.17. The number of methoxy groups -OCH3 is 1. The Labute approximate surface area is 153 Å². The van der Waals surface area contributed by atoms with Gasteiger partial charge in [-0.15, -0.1) is 0 Å². The molecule has 1 heterocycles. The van der Waals surface area contributed by atoms with Crippen molar-refractivity contribution in [3.8, 4) is 11.5 Å². The molecule has 1 amide bonds. The molecule has 1 aliphatic rings.